The van der Waals surface area contributed by atoms with Crippen LogP contribution in [-0.2, 0) is 28.5 Å². The zero-order valence-corrected chi connectivity index (χ0v) is 12.9. The van der Waals surface area contributed by atoms with Crippen LogP contribution in [0.3, 0.4) is 0 Å². The molecule has 0 aliphatic rings. The smallest absolute Gasteiger partial charge is 0.330 e. The average molecular weight is 331 g/mol. The minimum absolute atomic E-state index is 0.147. The lowest BCUT2D eigenvalue weighted by molar-refractivity contribution is -0.178. The van der Waals surface area contributed by atoms with Gasteiger partial charge in [0, 0.05) is 12.2 Å². The highest BCUT2D eigenvalue weighted by Crippen LogP contribution is 2.03. The molecular formula is C15H23O8. The van der Waals surface area contributed by atoms with Gasteiger partial charge in [0.15, 0.2) is 6.29 Å². The van der Waals surface area contributed by atoms with Crippen LogP contribution in [0.1, 0.15) is 6.42 Å². The molecule has 8 heteroatoms. The van der Waals surface area contributed by atoms with Crippen LogP contribution in [0.4, 0.5) is 0 Å². The largest absolute Gasteiger partial charge is 0.460 e. The molecule has 2 N–H and O–H groups in total. The van der Waals surface area contributed by atoms with Crippen molar-refractivity contribution in [3.8, 4) is 0 Å². The van der Waals surface area contributed by atoms with E-state index in [2.05, 4.69) is 29.6 Å². The predicted octanol–water partition coefficient (Wildman–Crippen LogP) is -0.250. The van der Waals surface area contributed by atoms with Gasteiger partial charge in [-0.25, -0.2) is 9.59 Å². The maximum atomic E-state index is 10.8. The monoisotopic (exact) mass is 331 g/mol. The quantitative estimate of drug-likeness (QED) is 0.270. The van der Waals surface area contributed by atoms with Gasteiger partial charge in [0.2, 0.25) is 0 Å². The molecule has 0 spiro atoms. The SMILES string of the molecule is [CH2]CC(OCC(O)COC(=O)C=C)OCC(O)COC(=O)C=C. The molecule has 0 heterocycles. The number of rotatable bonds is 13. The van der Waals surface area contributed by atoms with Crippen molar-refractivity contribution < 1.29 is 38.7 Å². The first-order valence-electron chi connectivity index (χ1n) is 6.89. The first-order valence-corrected chi connectivity index (χ1v) is 6.89. The Balaban J connectivity index is 3.92. The van der Waals surface area contributed by atoms with Crippen molar-refractivity contribution in [1.29, 1.82) is 0 Å². The van der Waals surface area contributed by atoms with E-state index >= 15 is 0 Å². The highest BCUT2D eigenvalue weighted by molar-refractivity contribution is 5.81. The van der Waals surface area contributed by atoms with Gasteiger partial charge < -0.3 is 29.2 Å². The summed E-state index contributed by atoms with van der Waals surface area (Å²) in [7, 11) is 0. The Hall–Kier alpha value is -1.74. The van der Waals surface area contributed by atoms with Gasteiger partial charge in [0.25, 0.3) is 0 Å². The van der Waals surface area contributed by atoms with Gasteiger partial charge in [-0.3, -0.25) is 0 Å². The summed E-state index contributed by atoms with van der Waals surface area (Å²) in [4.78, 5) is 21.6. The maximum Gasteiger partial charge on any atom is 0.330 e. The summed E-state index contributed by atoms with van der Waals surface area (Å²) in [5.74, 6) is -1.29. The maximum absolute atomic E-state index is 10.8. The molecule has 0 aromatic carbocycles. The third-order valence-corrected chi connectivity index (χ3v) is 2.35. The standard InChI is InChI=1S/C15H23O8/c1-4-13(18)20-7-11(16)9-22-15(6-3)23-10-12(17)8-21-14(19)5-2/h4-5,11-12,15-17H,1-3,6-10H2. The zero-order chi connectivity index (χ0) is 17.7. The highest BCUT2D eigenvalue weighted by Gasteiger charge is 2.15. The number of esters is 2. The summed E-state index contributed by atoms with van der Waals surface area (Å²) in [6, 6.07) is 0. The molecule has 0 aromatic rings. The fraction of sp³-hybridized carbons (Fsp3) is 0.533. The van der Waals surface area contributed by atoms with E-state index in [4.69, 9.17) is 9.47 Å². The number of hydrogen-bond acceptors (Lipinski definition) is 8. The van der Waals surface area contributed by atoms with Crippen LogP contribution in [0.15, 0.2) is 25.3 Å². The predicted molar refractivity (Wildman–Crippen MR) is 80.0 cm³/mol. The molecule has 1 radical (unpaired) electrons. The minimum atomic E-state index is -1.03. The fourth-order valence-corrected chi connectivity index (χ4v) is 1.22. The molecular weight excluding hydrogens is 308 g/mol. The number of hydrogen-bond donors (Lipinski definition) is 2. The lowest BCUT2D eigenvalue weighted by atomic mass is 10.4. The Bertz CT molecular complexity index is 348. The first kappa shape index (κ1) is 21.3. The van der Waals surface area contributed by atoms with Crippen LogP contribution in [-0.4, -0.2) is 67.1 Å². The van der Waals surface area contributed by atoms with E-state index in [1.807, 2.05) is 0 Å². The van der Waals surface area contributed by atoms with Crippen LogP contribution >= 0.6 is 0 Å². The highest BCUT2D eigenvalue weighted by atomic mass is 16.7. The first-order chi connectivity index (χ1) is 10.9. The summed E-state index contributed by atoms with van der Waals surface area (Å²) in [6.45, 7) is 9.27. The van der Waals surface area contributed by atoms with Gasteiger partial charge >= 0.3 is 11.9 Å². The Labute approximate surface area is 135 Å². The molecule has 131 valence electrons. The molecule has 2 atom stereocenters. The van der Waals surface area contributed by atoms with Gasteiger partial charge in [-0.1, -0.05) is 13.2 Å². The van der Waals surface area contributed by atoms with Crippen molar-refractivity contribution in [1.82, 2.24) is 0 Å². The second kappa shape index (κ2) is 12.8. The van der Waals surface area contributed by atoms with Crippen LogP contribution < -0.4 is 0 Å². The van der Waals surface area contributed by atoms with Gasteiger partial charge in [-0.2, -0.15) is 0 Å². The zero-order valence-electron chi connectivity index (χ0n) is 12.9. The van der Waals surface area contributed by atoms with Crippen molar-refractivity contribution in [2.24, 2.45) is 0 Å². The molecule has 0 saturated heterocycles. The van der Waals surface area contributed by atoms with Gasteiger partial charge in [0.05, 0.1) is 13.2 Å². The Morgan fingerprint density at radius 1 is 0.870 bits per heavy atom. The van der Waals surface area contributed by atoms with Crippen molar-refractivity contribution in [3.63, 3.8) is 0 Å². The number of carbonyl (C=O) groups excluding carboxylic acids is 2. The summed E-state index contributed by atoms with van der Waals surface area (Å²) in [5, 5.41) is 19.1. The lowest BCUT2D eigenvalue weighted by Gasteiger charge is -2.20. The molecule has 0 fully saturated rings. The Kier molecular flexibility index (Phi) is 11.8. The van der Waals surface area contributed by atoms with Crippen LogP contribution in [0.25, 0.3) is 0 Å². The van der Waals surface area contributed by atoms with E-state index in [-0.39, 0.29) is 32.8 Å². The van der Waals surface area contributed by atoms with E-state index in [1.54, 1.807) is 0 Å². The topological polar surface area (TPSA) is 112 Å². The van der Waals surface area contributed by atoms with E-state index in [9.17, 15) is 19.8 Å². The van der Waals surface area contributed by atoms with E-state index in [0.717, 1.165) is 12.2 Å². The molecule has 23 heavy (non-hydrogen) atoms. The average Bonchev–Trinajstić information content (AvgIpc) is 2.57. The van der Waals surface area contributed by atoms with E-state index in [1.165, 1.54) is 0 Å². The van der Waals surface area contributed by atoms with Crippen molar-refractivity contribution >= 4 is 11.9 Å². The van der Waals surface area contributed by atoms with Crippen LogP contribution in [0.5, 0.6) is 0 Å². The Morgan fingerprint density at radius 2 is 1.26 bits per heavy atom. The normalized spacial score (nSPS) is 14.4. The number of ether oxygens (including phenoxy) is 4. The lowest BCUT2D eigenvalue weighted by Crippen LogP contribution is -2.31. The van der Waals surface area contributed by atoms with Gasteiger partial charge in [-0.15, -0.1) is 0 Å². The molecule has 0 aliphatic heterocycles. The Morgan fingerprint density at radius 3 is 1.57 bits per heavy atom. The van der Waals surface area contributed by atoms with Gasteiger partial charge in [-0.05, 0) is 13.3 Å². The number of aliphatic hydroxyl groups excluding tert-OH is 2. The molecule has 0 rings (SSSR count). The van der Waals surface area contributed by atoms with Crippen molar-refractivity contribution in [2.45, 2.75) is 24.9 Å². The van der Waals surface area contributed by atoms with E-state index < -0.39 is 30.4 Å². The van der Waals surface area contributed by atoms with Crippen molar-refractivity contribution in [3.05, 3.63) is 32.2 Å². The van der Waals surface area contributed by atoms with Crippen LogP contribution in [0.2, 0.25) is 0 Å². The number of aliphatic hydroxyl groups is 2. The van der Waals surface area contributed by atoms with E-state index in [0.29, 0.717) is 0 Å². The number of carbonyl (C=O) groups is 2. The molecule has 0 aromatic heterocycles. The van der Waals surface area contributed by atoms with Crippen LogP contribution in [0, 0.1) is 6.92 Å². The minimum Gasteiger partial charge on any atom is -0.460 e. The molecule has 0 amide bonds. The molecule has 0 saturated carbocycles. The molecule has 2 unspecified atom stereocenters. The second-order valence-electron chi connectivity index (χ2n) is 4.36. The molecule has 0 bridgehead atoms. The second-order valence-corrected chi connectivity index (χ2v) is 4.36. The van der Waals surface area contributed by atoms with Crippen molar-refractivity contribution in [2.75, 3.05) is 26.4 Å². The molecule has 8 nitrogen and oxygen atoms in total. The summed E-state index contributed by atoms with van der Waals surface area (Å²) in [5.41, 5.74) is 0. The molecule has 0 aliphatic carbocycles. The summed E-state index contributed by atoms with van der Waals surface area (Å²) >= 11 is 0. The van der Waals surface area contributed by atoms with Gasteiger partial charge in [0.1, 0.15) is 25.4 Å². The fourth-order valence-electron chi connectivity index (χ4n) is 1.22. The third kappa shape index (κ3) is 11.5. The summed E-state index contributed by atoms with van der Waals surface area (Å²) in [6.07, 6.45) is -0.653. The third-order valence-electron chi connectivity index (χ3n) is 2.35. The summed E-state index contributed by atoms with van der Waals surface area (Å²) < 4.78 is 19.7.